The predicted octanol–water partition coefficient (Wildman–Crippen LogP) is 4.38. The molecule has 3 rings (SSSR count). The Labute approximate surface area is 191 Å². The van der Waals surface area contributed by atoms with Gasteiger partial charge in [0.25, 0.3) is 11.7 Å². The number of aliphatic hydroxyl groups is 1. The molecular weight excluding hydrogens is 439 g/mol. The fourth-order valence-corrected chi connectivity index (χ4v) is 4.01. The molecule has 0 aliphatic carbocycles. The zero-order valence-corrected chi connectivity index (χ0v) is 19.1. The second-order valence-corrected chi connectivity index (χ2v) is 8.39. The van der Waals surface area contributed by atoms with E-state index < -0.39 is 17.7 Å². The molecule has 31 heavy (non-hydrogen) atoms. The maximum atomic E-state index is 13.0. The van der Waals surface area contributed by atoms with Crippen LogP contribution in [0.5, 0.6) is 5.75 Å². The third-order valence-electron chi connectivity index (χ3n) is 5.16. The van der Waals surface area contributed by atoms with Crippen molar-refractivity contribution in [3.05, 3.63) is 69.2 Å². The summed E-state index contributed by atoms with van der Waals surface area (Å²) >= 11 is 12.2. The van der Waals surface area contributed by atoms with Gasteiger partial charge in [-0.15, -0.1) is 0 Å². The lowest BCUT2D eigenvalue weighted by atomic mass is 9.95. The molecule has 1 fully saturated rings. The minimum Gasteiger partial charge on any atom is -0.507 e. The van der Waals surface area contributed by atoms with Crippen LogP contribution in [0.25, 0.3) is 5.76 Å². The van der Waals surface area contributed by atoms with Crippen LogP contribution in [-0.4, -0.2) is 60.9 Å². The van der Waals surface area contributed by atoms with Gasteiger partial charge in [-0.2, -0.15) is 0 Å². The number of halogens is 2. The molecule has 1 atom stereocenters. The lowest BCUT2D eigenvalue weighted by Gasteiger charge is -2.26. The maximum absolute atomic E-state index is 13.0. The van der Waals surface area contributed by atoms with E-state index in [9.17, 15) is 14.7 Å². The van der Waals surface area contributed by atoms with Crippen LogP contribution in [0, 0.1) is 0 Å². The van der Waals surface area contributed by atoms with Gasteiger partial charge in [0.1, 0.15) is 11.5 Å². The molecule has 1 N–H and O–H groups in total. The maximum Gasteiger partial charge on any atom is 0.295 e. The monoisotopic (exact) mass is 462 g/mol. The molecule has 0 bridgehead atoms. The lowest BCUT2D eigenvalue weighted by molar-refractivity contribution is -0.139. The normalized spacial score (nSPS) is 18.1. The molecule has 1 aliphatic rings. The molecule has 0 radical (unpaired) electrons. The first-order valence-electron chi connectivity index (χ1n) is 9.77. The van der Waals surface area contributed by atoms with Gasteiger partial charge in [0, 0.05) is 17.1 Å². The zero-order valence-electron chi connectivity index (χ0n) is 17.6. The number of benzene rings is 2. The van der Waals surface area contributed by atoms with Gasteiger partial charge in [0.15, 0.2) is 0 Å². The summed E-state index contributed by atoms with van der Waals surface area (Å²) < 4.78 is 5.15. The van der Waals surface area contributed by atoms with Crippen molar-refractivity contribution in [2.45, 2.75) is 12.5 Å². The smallest absolute Gasteiger partial charge is 0.295 e. The van der Waals surface area contributed by atoms with Gasteiger partial charge < -0.3 is 19.6 Å². The number of Topliss-reactive ketones (excluding diaryl/α,β-unsaturated/α-hetero) is 1. The van der Waals surface area contributed by atoms with E-state index in [0.29, 0.717) is 34.9 Å². The van der Waals surface area contributed by atoms with Crippen molar-refractivity contribution in [2.75, 3.05) is 34.3 Å². The minimum atomic E-state index is -0.728. The Morgan fingerprint density at radius 3 is 2.39 bits per heavy atom. The summed E-state index contributed by atoms with van der Waals surface area (Å²) in [5.41, 5.74) is 1.05. The van der Waals surface area contributed by atoms with Gasteiger partial charge in [-0.3, -0.25) is 9.59 Å². The molecule has 0 spiro atoms. The molecule has 164 valence electrons. The number of carbonyl (C=O) groups excluding carboxylic acids is 2. The number of hydrogen-bond donors (Lipinski definition) is 1. The van der Waals surface area contributed by atoms with Gasteiger partial charge in [-0.05, 0) is 63.0 Å². The van der Waals surface area contributed by atoms with Crippen LogP contribution < -0.4 is 4.74 Å². The SMILES string of the molecule is COc1ccc(/C(O)=C2\C(=O)C(=O)N(CCCN(C)C)[C@@H]2c2ccc(Cl)cc2)cc1Cl. The lowest BCUT2D eigenvalue weighted by Crippen LogP contribution is -2.32. The van der Waals surface area contributed by atoms with Crippen LogP contribution in [0.15, 0.2) is 48.0 Å². The molecule has 0 aromatic heterocycles. The van der Waals surface area contributed by atoms with Crippen molar-refractivity contribution in [3.8, 4) is 5.75 Å². The van der Waals surface area contributed by atoms with E-state index >= 15 is 0 Å². The summed E-state index contributed by atoms with van der Waals surface area (Å²) in [6, 6.07) is 10.9. The van der Waals surface area contributed by atoms with E-state index in [-0.39, 0.29) is 16.4 Å². The Morgan fingerprint density at radius 1 is 1.13 bits per heavy atom. The summed E-state index contributed by atoms with van der Waals surface area (Å²) in [6.45, 7) is 1.13. The first-order valence-corrected chi connectivity index (χ1v) is 10.5. The highest BCUT2D eigenvalue weighted by Crippen LogP contribution is 2.40. The molecule has 1 amide bonds. The number of nitrogens with zero attached hydrogens (tertiary/aromatic N) is 2. The van der Waals surface area contributed by atoms with Crippen LogP contribution in [-0.2, 0) is 9.59 Å². The summed E-state index contributed by atoms with van der Waals surface area (Å²) in [5, 5.41) is 11.9. The first kappa shape index (κ1) is 23.1. The van der Waals surface area contributed by atoms with E-state index in [4.69, 9.17) is 27.9 Å². The highest BCUT2D eigenvalue weighted by atomic mass is 35.5. The number of aliphatic hydroxyl groups excluding tert-OH is 1. The third-order valence-corrected chi connectivity index (χ3v) is 5.70. The largest absolute Gasteiger partial charge is 0.507 e. The summed E-state index contributed by atoms with van der Waals surface area (Å²) in [7, 11) is 5.37. The molecule has 1 saturated heterocycles. The van der Waals surface area contributed by atoms with E-state index in [0.717, 1.165) is 6.54 Å². The molecule has 8 heteroatoms. The number of methoxy groups -OCH3 is 1. The molecule has 2 aromatic carbocycles. The quantitative estimate of drug-likeness (QED) is 0.375. The summed E-state index contributed by atoms with van der Waals surface area (Å²) in [4.78, 5) is 29.4. The molecule has 1 aliphatic heterocycles. The molecule has 2 aromatic rings. The summed E-state index contributed by atoms with van der Waals surface area (Å²) in [6.07, 6.45) is 0.679. The van der Waals surface area contributed by atoms with Crippen molar-refractivity contribution in [1.82, 2.24) is 9.80 Å². The van der Waals surface area contributed by atoms with Crippen LogP contribution in [0.4, 0.5) is 0 Å². The van der Waals surface area contributed by atoms with Crippen LogP contribution >= 0.6 is 23.2 Å². The van der Waals surface area contributed by atoms with Crippen LogP contribution in [0.1, 0.15) is 23.6 Å². The van der Waals surface area contributed by atoms with E-state index in [1.807, 2.05) is 19.0 Å². The fourth-order valence-electron chi connectivity index (χ4n) is 3.63. The van der Waals surface area contributed by atoms with Gasteiger partial charge in [-0.25, -0.2) is 0 Å². The standard InChI is InChI=1S/C23H24Cl2N2O4/c1-26(2)11-4-12-27-20(14-5-8-16(24)9-6-14)19(22(29)23(27)30)21(28)15-7-10-18(31-3)17(25)13-15/h5-10,13,20,28H,4,11-12H2,1-3H3/b21-19+/t20-/m1/s1. The van der Waals surface area contributed by atoms with Gasteiger partial charge in [-0.1, -0.05) is 35.3 Å². The summed E-state index contributed by atoms with van der Waals surface area (Å²) in [5.74, 6) is -1.20. The number of ketones is 1. The number of likely N-dealkylation sites (tertiary alicyclic amines) is 1. The molecule has 6 nitrogen and oxygen atoms in total. The molecular formula is C23H24Cl2N2O4. The van der Waals surface area contributed by atoms with Crippen LogP contribution in [0.3, 0.4) is 0 Å². The average molecular weight is 463 g/mol. The Kier molecular flexibility index (Phi) is 7.26. The number of ether oxygens (including phenoxy) is 1. The number of hydrogen-bond acceptors (Lipinski definition) is 5. The second-order valence-electron chi connectivity index (χ2n) is 7.55. The Bertz CT molecular complexity index is 1020. The molecule has 0 unspecified atom stereocenters. The average Bonchev–Trinajstić information content (AvgIpc) is 2.98. The van der Waals surface area contributed by atoms with Gasteiger partial charge in [0.05, 0.1) is 23.7 Å². The van der Waals surface area contributed by atoms with Gasteiger partial charge >= 0.3 is 0 Å². The number of amides is 1. The number of rotatable bonds is 7. The predicted molar refractivity (Wildman–Crippen MR) is 122 cm³/mol. The Hall–Kier alpha value is -2.54. The van der Waals surface area contributed by atoms with Crippen molar-refractivity contribution in [3.63, 3.8) is 0 Å². The van der Waals surface area contributed by atoms with Crippen LogP contribution in [0.2, 0.25) is 10.0 Å². The van der Waals surface area contributed by atoms with E-state index in [2.05, 4.69) is 0 Å². The van der Waals surface area contributed by atoms with Gasteiger partial charge in [0.2, 0.25) is 0 Å². The highest BCUT2D eigenvalue weighted by Gasteiger charge is 2.45. The van der Waals surface area contributed by atoms with Crippen molar-refractivity contribution < 1.29 is 19.4 Å². The van der Waals surface area contributed by atoms with E-state index in [1.165, 1.54) is 18.1 Å². The zero-order chi connectivity index (χ0) is 22.7. The minimum absolute atomic E-state index is 0.0263. The highest BCUT2D eigenvalue weighted by molar-refractivity contribution is 6.46. The molecule has 0 saturated carbocycles. The first-order chi connectivity index (χ1) is 14.7. The Balaban J connectivity index is 2.10. The topological polar surface area (TPSA) is 70.1 Å². The number of carbonyl (C=O) groups is 2. The third kappa shape index (κ3) is 4.87. The second kappa shape index (κ2) is 9.73. The van der Waals surface area contributed by atoms with Crippen molar-refractivity contribution in [1.29, 1.82) is 0 Å². The Morgan fingerprint density at radius 2 is 1.81 bits per heavy atom. The fraction of sp³-hybridized carbons (Fsp3) is 0.304. The van der Waals surface area contributed by atoms with Crippen molar-refractivity contribution in [2.24, 2.45) is 0 Å². The van der Waals surface area contributed by atoms with Crippen molar-refractivity contribution >= 4 is 40.7 Å². The molecule has 1 heterocycles. The van der Waals surface area contributed by atoms with E-state index in [1.54, 1.807) is 36.4 Å².